The molecule has 0 aliphatic carbocycles. The monoisotopic (exact) mass is 420 g/mol. The molecular formula is C13H14BrFN4S3. The van der Waals surface area contributed by atoms with Crippen molar-refractivity contribution in [2.45, 2.75) is 32.1 Å². The summed E-state index contributed by atoms with van der Waals surface area (Å²) < 4.78 is 19.8. The van der Waals surface area contributed by atoms with Crippen LogP contribution in [0.5, 0.6) is 0 Å². The van der Waals surface area contributed by atoms with Gasteiger partial charge in [-0.05, 0) is 34.4 Å². The van der Waals surface area contributed by atoms with E-state index in [1.807, 2.05) is 5.38 Å². The number of nitrogens with two attached hydrogens (primary N) is 1. The standard InChI is InChI=1S/C13H14BrFN4S3/c1-6(15)7(16)4-8-10(14)11-12(21-8)13(22-19-11)18-5-9-17-2-3-20-9/h2-3,6-7,18H,4-5,16H2,1H3/t6-,7-/m1/s1. The van der Waals surface area contributed by atoms with E-state index in [2.05, 4.69) is 30.6 Å². The minimum absolute atomic E-state index is 0.491. The number of alkyl halides is 1. The van der Waals surface area contributed by atoms with E-state index in [1.54, 1.807) is 28.9 Å². The van der Waals surface area contributed by atoms with Crippen molar-refractivity contribution in [3.05, 3.63) is 25.9 Å². The van der Waals surface area contributed by atoms with Gasteiger partial charge in [0.1, 0.15) is 21.7 Å². The fourth-order valence-corrected chi connectivity index (χ4v) is 5.52. The number of nitrogens with one attached hydrogen (secondary N) is 1. The van der Waals surface area contributed by atoms with Crippen LogP contribution < -0.4 is 11.1 Å². The van der Waals surface area contributed by atoms with Crippen molar-refractivity contribution in [2.24, 2.45) is 5.73 Å². The highest BCUT2D eigenvalue weighted by molar-refractivity contribution is 9.10. The van der Waals surface area contributed by atoms with Crippen LogP contribution >= 0.6 is 50.1 Å². The quantitative estimate of drug-likeness (QED) is 0.619. The molecule has 9 heteroatoms. The van der Waals surface area contributed by atoms with Gasteiger partial charge in [0.2, 0.25) is 0 Å². The van der Waals surface area contributed by atoms with Crippen molar-refractivity contribution < 1.29 is 4.39 Å². The van der Waals surface area contributed by atoms with Gasteiger partial charge in [-0.2, -0.15) is 4.37 Å². The fourth-order valence-electron chi connectivity index (χ4n) is 1.93. The van der Waals surface area contributed by atoms with Crippen LogP contribution in [0.25, 0.3) is 10.2 Å². The van der Waals surface area contributed by atoms with Gasteiger partial charge in [0.25, 0.3) is 0 Å². The molecular weight excluding hydrogens is 407 g/mol. The van der Waals surface area contributed by atoms with Gasteiger partial charge in [-0.25, -0.2) is 9.37 Å². The molecule has 0 spiro atoms. The van der Waals surface area contributed by atoms with Crippen LogP contribution in [-0.4, -0.2) is 21.6 Å². The zero-order chi connectivity index (χ0) is 15.7. The Labute approximate surface area is 147 Å². The number of thiazole rings is 1. The second kappa shape index (κ2) is 6.88. The number of hydrogen-bond donors (Lipinski definition) is 2. The van der Waals surface area contributed by atoms with Gasteiger partial charge in [-0.3, -0.25) is 0 Å². The minimum atomic E-state index is -1.03. The third-order valence-corrected chi connectivity index (χ3v) is 7.27. The maximum atomic E-state index is 13.3. The van der Waals surface area contributed by atoms with Crippen LogP contribution in [0.1, 0.15) is 16.8 Å². The number of fused-ring (bicyclic) bond motifs is 1. The maximum absolute atomic E-state index is 13.3. The topological polar surface area (TPSA) is 63.8 Å². The Morgan fingerprint density at radius 1 is 1.50 bits per heavy atom. The zero-order valence-electron chi connectivity index (χ0n) is 11.7. The predicted molar refractivity (Wildman–Crippen MR) is 96.9 cm³/mol. The maximum Gasteiger partial charge on any atom is 0.127 e. The molecule has 3 N–H and O–H groups in total. The number of halogens is 2. The third kappa shape index (κ3) is 3.33. The number of nitrogens with zero attached hydrogens (tertiary/aromatic N) is 2. The first kappa shape index (κ1) is 16.3. The van der Waals surface area contributed by atoms with Crippen molar-refractivity contribution in [1.82, 2.24) is 9.36 Å². The van der Waals surface area contributed by atoms with Crippen molar-refractivity contribution in [3.63, 3.8) is 0 Å². The Hall–Kier alpha value is -0.610. The van der Waals surface area contributed by atoms with Gasteiger partial charge < -0.3 is 11.1 Å². The first-order valence-electron chi connectivity index (χ1n) is 6.64. The summed E-state index contributed by atoms with van der Waals surface area (Å²) in [6, 6.07) is -0.491. The van der Waals surface area contributed by atoms with Crippen molar-refractivity contribution in [3.8, 4) is 0 Å². The average Bonchev–Trinajstić information content (AvgIpc) is 3.17. The molecule has 118 valence electrons. The summed E-state index contributed by atoms with van der Waals surface area (Å²) in [6.45, 7) is 2.17. The highest BCUT2D eigenvalue weighted by Crippen LogP contribution is 2.42. The number of anilines is 1. The summed E-state index contributed by atoms with van der Waals surface area (Å²) in [4.78, 5) is 5.29. The first-order valence-corrected chi connectivity index (χ1v) is 9.91. The summed E-state index contributed by atoms with van der Waals surface area (Å²) in [7, 11) is 0. The van der Waals surface area contributed by atoms with E-state index >= 15 is 0 Å². The number of rotatable bonds is 6. The van der Waals surface area contributed by atoms with Crippen molar-refractivity contribution >= 4 is 65.4 Å². The molecule has 2 atom stereocenters. The van der Waals surface area contributed by atoms with E-state index in [4.69, 9.17) is 5.73 Å². The lowest BCUT2D eigenvalue weighted by Gasteiger charge is -2.11. The predicted octanol–water partition coefficient (Wildman–Crippen LogP) is 4.42. The smallest absolute Gasteiger partial charge is 0.127 e. The largest absolute Gasteiger partial charge is 0.368 e. The zero-order valence-corrected chi connectivity index (χ0v) is 15.7. The highest BCUT2D eigenvalue weighted by atomic mass is 79.9. The molecule has 3 aromatic heterocycles. The second-order valence-corrected chi connectivity index (χ2v) is 8.50. The van der Waals surface area contributed by atoms with Crippen LogP contribution in [0, 0.1) is 0 Å². The Kier molecular flexibility index (Phi) is 5.08. The molecule has 0 aromatic carbocycles. The van der Waals surface area contributed by atoms with Gasteiger partial charge in [0.05, 0.1) is 15.7 Å². The molecule has 0 bridgehead atoms. The molecule has 0 saturated heterocycles. The van der Waals surface area contributed by atoms with E-state index in [-0.39, 0.29) is 0 Å². The number of thiophene rings is 1. The first-order chi connectivity index (χ1) is 10.6. The normalized spacial score (nSPS) is 14.4. The van der Waals surface area contributed by atoms with Gasteiger partial charge in [0, 0.05) is 28.9 Å². The van der Waals surface area contributed by atoms with E-state index in [9.17, 15) is 4.39 Å². The fraction of sp³-hybridized carbons (Fsp3) is 0.385. The summed E-state index contributed by atoms with van der Waals surface area (Å²) in [5, 5.41) is 7.38. The molecule has 0 saturated carbocycles. The molecule has 0 aliphatic heterocycles. The van der Waals surface area contributed by atoms with Crippen LogP contribution in [0.3, 0.4) is 0 Å². The molecule has 0 fully saturated rings. The average molecular weight is 421 g/mol. The van der Waals surface area contributed by atoms with E-state index in [0.717, 1.165) is 29.6 Å². The number of aromatic nitrogens is 2. The molecule has 0 aliphatic rings. The van der Waals surface area contributed by atoms with Crippen molar-refractivity contribution in [1.29, 1.82) is 0 Å². The molecule has 3 aromatic rings. The Morgan fingerprint density at radius 3 is 3.00 bits per heavy atom. The molecule has 0 radical (unpaired) electrons. The van der Waals surface area contributed by atoms with E-state index in [1.165, 1.54) is 18.5 Å². The van der Waals surface area contributed by atoms with Gasteiger partial charge in [-0.15, -0.1) is 22.7 Å². The van der Waals surface area contributed by atoms with Gasteiger partial charge >= 0.3 is 0 Å². The van der Waals surface area contributed by atoms with Crippen LogP contribution in [-0.2, 0) is 13.0 Å². The third-order valence-electron chi connectivity index (χ3n) is 3.22. The molecule has 0 amide bonds. The summed E-state index contributed by atoms with van der Waals surface area (Å²) >= 11 is 8.23. The lowest BCUT2D eigenvalue weighted by molar-refractivity contribution is 0.305. The summed E-state index contributed by atoms with van der Waals surface area (Å²) in [5.74, 6) is 0. The van der Waals surface area contributed by atoms with Crippen LogP contribution in [0.2, 0.25) is 0 Å². The Morgan fingerprint density at radius 2 is 2.32 bits per heavy atom. The molecule has 3 heterocycles. The lowest BCUT2D eigenvalue weighted by Crippen LogP contribution is -2.31. The van der Waals surface area contributed by atoms with Crippen molar-refractivity contribution in [2.75, 3.05) is 5.32 Å². The van der Waals surface area contributed by atoms with Crippen LogP contribution in [0.4, 0.5) is 9.39 Å². The van der Waals surface area contributed by atoms with E-state index in [0.29, 0.717) is 13.0 Å². The van der Waals surface area contributed by atoms with E-state index < -0.39 is 12.2 Å². The van der Waals surface area contributed by atoms with Crippen LogP contribution in [0.15, 0.2) is 16.0 Å². The highest BCUT2D eigenvalue weighted by Gasteiger charge is 2.20. The Balaban J connectivity index is 1.81. The Bertz CT molecular complexity index is 753. The molecule has 0 unspecified atom stereocenters. The van der Waals surface area contributed by atoms with Gasteiger partial charge in [-0.1, -0.05) is 0 Å². The second-order valence-electron chi connectivity index (χ2n) is 4.85. The summed E-state index contributed by atoms with van der Waals surface area (Å²) in [6.07, 6.45) is 1.28. The molecule has 4 nitrogen and oxygen atoms in total. The number of hydrogen-bond acceptors (Lipinski definition) is 7. The molecule has 22 heavy (non-hydrogen) atoms. The SMILES string of the molecule is C[C@@H](F)[C@H](N)Cc1sc2c(NCc3nccs3)snc2c1Br. The minimum Gasteiger partial charge on any atom is -0.368 e. The lowest BCUT2D eigenvalue weighted by atomic mass is 10.1. The summed E-state index contributed by atoms with van der Waals surface area (Å²) in [5.41, 5.74) is 6.76. The van der Waals surface area contributed by atoms with Gasteiger partial charge in [0.15, 0.2) is 0 Å². The molecule has 3 rings (SSSR count).